The predicted molar refractivity (Wildman–Crippen MR) is 64.1 cm³/mol. The fourth-order valence-electron chi connectivity index (χ4n) is 2.20. The summed E-state index contributed by atoms with van der Waals surface area (Å²) in [5.41, 5.74) is -0.778. The summed E-state index contributed by atoms with van der Waals surface area (Å²) in [4.78, 5) is 11.8. The molecule has 0 aliphatic carbocycles. The minimum absolute atomic E-state index is 0.0532. The minimum Gasteiger partial charge on any atom is -0.388 e. The summed E-state index contributed by atoms with van der Waals surface area (Å²) < 4.78 is 0. The molecule has 1 aliphatic heterocycles. The van der Waals surface area contributed by atoms with Crippen LogP contribution < -0.4 is 10.6 Å². The molecule has 0 aromatic carbocycles. The molecule has 3 unspecified atom stereocenters. The average Bonchev–Trinajstić information content (AvgIpc) is 2.61. The van der Waals surface area contributed by atoms with Crippen LogP contribution in [0, 0.1) is 11.8 Å². The van der Waals surface area contributed by atoms with Crippen molar-refractivity contribution >= 4 is 5.91 Å². The molecule has 1 amide bonds. The van der Waals surface area contributed by atoms with Gasteiger partial charge in [0, 0.05) is 13.1 Å². The third-order valence-electron chi connectivity index (χ3n) is 3.29. The van der Waals surface area contributed by atoms with Gasteiger partial charge in [-0.15, -0.1) is 0 Å². The van der Waals surface area contributed by atoms with Gasteiger partial charge in [0.2, 0.25) is 5.91 Å². The van der Waals surface area contributed by atoms with E-state index >= 15 is 0 Å². The molecule has 0 radical (unpaired) electrons. The maximum absolute atomic E-state index is 11.8. The van der Waals surface area contributed by atoms with E-state index in [-0.39, 0.29) is 11.8 Å². The van der Waals surface area contributed by atoms with Crippen LogP contribution in [-0.2, 0) is 4.79 Å². The lowest BCUT2D eigenvalue weighted by Gasteiger charge is -2.24. The third-order valence-corrected chi connectivity index (χ3v) is 3.29. The maximum atomic E-state index is 11.8. The molecule has 1 saturated heterocycles. The standard InChI is InChI=1S/C12H24N2O2/c1-4-5-12(3,16)8-14-11(15)10-7-13-6-9(10)2/h9-10,13,16H,4-8H2,1-3H3,(H,14,15). The zero-order chi connectivity index (χ0) is 12.2. The summed E-state index contributed by atoms with van der Waals surface area (Å²) in [6, 6.07) is 0. The number of carbonyl (C=O) groups excluding carboxylic acids is 1. The van der Waals surface area contributed by atoms with E-state index in [4.69, 9.17) is 0 Å². The van der Waals surface area contributed by atoms with Crippen molar-refractivity contribution in [1.82, 2.24) is 10.6 Å². The molecule has 94 valence electrons. The smallest absolute Gasteiger partial charge is 0.224 e. The molecule has 0 aromatic rings. The number of hydrogen-bond acceptors (Lipinski definition) is 3. The van der Waals surface area contributed by atoms with Crippen molar-refractivity contribution < 1.29 is 9.90 Å². The van der Waals surface area contributed by atoms with Gasteiger partial charge in [-0.3, -0.25) is 4.79 Å². The van der Waals surface area contributed by atoms with E-state index in [1.807, 2.05) is 6.92 Å². The van der Waals surface area contributed by atoms with E-state index in [1.165, 1.54) is 0 Å². The van der Waals surface area contributed by atoms with Crippen LogP contribution in [-0.4, -0.2) is 36.2 Å². The average molecular weight is 228 g/mol. The van der Waals surface area contributed by atoms with Gasteiger partial charge in [-0.25, -0.2) is 0 Å². The Hall–Kier alpha value is -0.610. The second-order valence-electron chi connectivity index (χ2n) is 5.21. The Morgan fingerprint density at radius 2 is 2.25 bits per heavy atom. The van der Waals surface area contributed by atoms with E-state index in [2.05, 4.69) is 17.6 Å². The first-order chi connectivity index (χ1) is 7.46. The maximum Gasteiger partial charge on any atom is 0.224 e. The van der Waals surface area contributed by atoms with Gasteiger partial charge < -0.3 is 15.7 Å². The van der Waals surface area contributed by atoms with Crippen molar-refractivity contribution in [3.05, 3.63) is 0 Å². The van der Waals surface area contributed by atoms with Crippen molar-refractivity contribution in [2.75, 3.05) is 19.6 Å². The number of aliphatic hydroxyl groups is 1. The van der Waals surface area contributed by atoms with Gasteiger partial charge in [-0.2, -0.15) is 0 Å². The Labute approximate surface area is 97.8 Å². The van der Waals surface area contributed by atoms with Gasteiger partial charge in [0.1, 0.15) is 0 Å². The van der Waals surface area contributed by atoms with Crippen LogP contribution >= 0.6 is 0 Å². The molecule has 1 rings (SSSR count). The van der Waals surface area contributed by atoms with Crippen molar-refractivity contribution in [2.24, 2.45) is 11.8 Å². The normalized spacial score (nSPS) is 28.8. The molecular weight excluding hydrogens is 204 g/mol. The van der Waals surface area contributed by atoms with Crippen molar-refractivity contribution in [3.63, 3.8) is 0 Å². The van der Waals surface area contributed by atoms with E-state index in [0.29, 0.717) is 18.9 Å². The van der Waals surface area contributed by atoms with E-state index in [0.717, 1.165) is 19.5 Å². The van der Waals surface area contributed by atoms with Gasteiger partial charge in [-0.1, -0.05) is 20.3 Å². The molecule has 0 spiro atoms. The Kier molecular flexibility index (Phi) is 4.74. The Morgan fingerprint density at radius 1 is 1.56 bits per heavy atom. The highest BCUT2D eigenvalue weighted by Gasteiger charge is 2.30. The number of hydrogen-bond donors (Lipinski definition) is 3. The highest BCUT2D eigenvalue weighted by atomic mass is 16.3. The summed E-state index contributed by atoms with van der Waals surface area (Å²) in [5, 5.41) is 16.0. The topological polar surface area (TPSA) is 61.4 Å². The SMILES string of the molecule is CCCC(C)(O)CNC(=O)C1CNCC1C. The van der Waals surface area contributed by atoms with Gasteiger partial charge in [-0.05, 0) is 25.8 Å². The highest BCUT2D eigenvalue weighted by molar-refractivity contribution is 5.79. The largest absolute Gasteiger partial charge is 0.388 e. The molecule has 16 heavy (non-hydrogen) atoms. The monoisotopic (exact) mass is 228 g/mol. The molecule has 0 bridgehead atoms. The second kappa shape index (κ2) is 5.64. The number of carbonyl (C=O) groups is 1. The first-order valence-electron chi connectivity index (χ1n) is 6.17. The number of nitrogens with one attached hydrogen (secondary N) is 2. The van der Waals surface area contributed by atoms with Crippen molar-refractivity contribution in [2.45, 2.75) is 39.2 Å². The van der Waals surface area contributed by atoms with Crippen LogP contribution in [0.4, 0.5) is 0 Å². The van der Waals surface area contributed by atoms with Crippen molar-refractivity contribution in [1.29, 1.82) is 0 Å². The molecule has 0 aromatic heterocycles. The zero-order valence-electron chi connectivity index (χ0n) is 10.5. The van der Waals surface area contributed by atoms with Crippen LogP contribution in [0.1, 0.15) is 33.6 Å². The van der Waals surface area contributed by atoms with Crippen molar-refractivity contribution in [3.8, 4) is 0 Å². The fourth-order valence-corrected chi connectivity index (χ4v) is 2.20. The molecular formula is C12H24N2O2. The van der Waals surface area contributed by atoms with Crippen LogP contribution in [0.25, 0.3) is 0 Å². The lowest BCUT2D eigenvalue weighted by atomic mass is 9.96. The van der Waals surface area contributed by atoms with Gasteiger partial charge in [0.05, 0.1) is 11.5 Å². The number of amides is 1. The molecule has 3 N–H and O–H groups in total. The van der Waals surface area contributed by atoms with E-state index in [1.54, 1.807) is 6.92 Å². The molecule has 3 atom stereocenters. The fraction of sp³-hybridized carbons (Fsp3) is 0.917. The molecule has 1 aliphatic rings. The molecule has 1 heterocycles. The molecule has 0 saturated carbocycles. The predicted octanol–water partition coefficient (Wildman–Crippen LogP) is 0.509. The van der Waals surface area contributed by atoms with Gasteiger partial charge in [0.25, 0.3) is 0 Å². The molecule has 4 nitrogen and oxygen atoms in total. The highest BCUT2D eigenvalue weighted by Crippen LogP contribution is 2.16. The Bertz CT molecular complexity index is 241. The number of rotatable bonds is 5. The third kappa shape index (κ3) is 3.76. The quantitative estimate of drug-likeness (QED) is 0.642. The molecule has 4 heteroatoms. The van der Waals surface area contributed by atoms with E-state index in [9.17, 15) is 9.90 Å². The summed E-state index contributed by atoms with van der Waals surface area (Å²) in [6.45, 7) is 7.88. The van der Waals surface area contributed by atoms with E-state index < -0.39 is 5.60 Å². The summed E-state index contributed by atoms with van der Waals surface area (Å²) in [5.74, 6) is 0.502. The summed E-state index contributed by atoms with van der Waals surface area (Å²) in [7, 11) is 0. The zero-order valence-corrected chi connectivity index (χ0v) is 10.5. The lowest BCUT2D eigenvalue weighted by Crippen LogP contribution is -2.44. The Balaban J connectivity index is 2.34. The first kappa shape index (κ1) is 13.5. The second-order valence-corrected chi connectivity index (χ2v) is 5.21. The van der Waals surface area contributed by atoms with Crippen LogP contribution in [0.15, 0.2) is 0 Å². The van der Waals surface area contributed by atoms with Gasteiger partial charge >= 0.3 is 0 Å². The minimum atomic E-state index is -0.778. The Morgan fingerprint density at radius 3 is 2.75 bits per heavy atom. The summed E-state index contributed by atoms with van der Waals surface area (Å²) in [6.07, 6.45) is 1.63. The lowest BCUT2D eigenvalue weighted by molar-refractivity contribution is -0.126. The van der Waals surface area contributed by atoms with Crippen LogP contribution in [0.3, 0.4) is 0 Å². The van der Waals surface area contributed by atoms with Gasteiger partial charge in [0.15, 0.2) is 0 Å². The molecule has 1 fully saturated rings. The van der Waals surface area contributed by atoms with Crippen LogP contribution in [0.5, 0.6) is 0 Å². The summed E-state index contributed by atoms with van der Waals surface area (Å²) >= 11 is 0. The van der Waals surface area contributed by atoms with Crippen LogP contribution in [0.2, 0.25) is 0 Å². The first-order valence-corrected chi connectivity index (χ1v) is 6.17.